The van der Waals surface area contributed by atoms with Gasteiger partial charge in [-0.2, -0.15) is 0 Å². The monoisotopic (exact) mass is 250 g/mol. The molecule has 2 heterocycles. The summed E-state index contributed by atoms with van der Waals surface area (Å²) in [5.41, 5.74) is 0.632. The molecule has 0 unspecified atom stereocenters. The van der Waals surface area contributed by atoms with Gasteiger partial charge in [0.25, 0.3) is 5.91 Å². The smallest absolute Gasteiger partial charge is 0.253 e. The van der Waals surface area contributed by atoms with Crippen LogP contribution in [0.2, 0.25) is 0 Å². The van der Waals surface area contributed by atoms with Crippen molar-refractivity contribution in [3.05, 3.63) is 36.3 Å². The number of rotatable bonds is 4. The Morgan fingerprint density at radius 2 is 2.33 bits per heavy atom. The predicted molar refractivity (Wildman–Crippen MR) is 67.2 cm³/mol. The van der Waals surface area contributed by atoms with Crippen LogP contribution in [0.5, 0.6) is 0 Å². The lowest BCUT2D eigenvalue weighted by Gasteiger charge is -2.32. The second-order valence-corrected chi connectivity index (χ2v) is 4.23. The van der Waals surface area contributed by atoms with Gasteiger partial charge in [0.05, 0.1) is 6.61 Å². The standard InChI is InChI=1S/C13H18N2O3/c1-4-17-8-11-5-6-12(18-11)15-7-9(2)13(16)14-10(15)3/h5-7,11-12H,3-4,8H2,1-2H3,(H,14,16)/t11-,12+/m0/s1. The minimum atomic E-state index is -0.237. The van der Waals surface area contributed by atoms with Crippen LogP contribution in [0, 0.1) is 0 Å². The Labute approximate surface area is 107 Å². The van der Waals surface area contributed by atoms with Crippen molar-refractivity contribution in [3.63, 3.8) is 0 Å². The average molecular weight is 250 g/mol. The lowest BCUT2D eigenvalue weighted by molar-refractivity contribution is -0.118. The first-order valence-electron chi connectivity index (χ1n) is 6.00. The third kappa shape index (κ3) is 2.63. The molecule has 2 aliphatic heterocycles. The van der Waals surface area contributed by atoms with E-state index >= 15 is 0 Å². The molecule has 2 atom stereocenters. The molecule has 2 rings (SSSR count). The maximum Gasteiger partial charge on any atom is 0.253 e. The fourth-order valence-corrected chi connectivity index (χ4v) is 1.84. The molecule has 0 aromatic rings. The highest BCUT2D eigenvalue weighted by Gasteiger charge is 2.28. The molecule has 0 radical (unpaired) electrons. The zero-order valence-corrected chi connectivity index (χ0v) is 10.7. The van der Waals surface area contributed by atoms with Crippen molar-refractivity contribution in [2.24, 2.45) is 0 Å². The van der Waals surface area contributed by atoms with Crippen molar-refractivity contribution in [1.29, 1.82) is 0 Å². The van der Waals surface area contributed by atoms with E-state index in [0.29, 0.717) is 24.6 Å². The first-order valence-corrected chi connectivity index (χ1v) is 6.00. The summed E-state index contributed by atoms with van der Waals surface area (Å²) < 4.78 is 11.1. The number of carbonyl (C=O) groups is 1. The third-order valence-electron chi connectivity index (χ3n) is 2.83. The summed E-state index contributed by atoms with van der Waals surface area (Å²) in [6, 6.07) is 0. The lowest BCUT2D eigenvalue weighted by Crippen LogP contribution is -2.42. The summed E-state index contributed by atoms with van der Waals surface area (Å²) >= 11 is 0. The van der Waals surface area contributed by atoms with Crippen LogP contribution in [-0.2, 0) is 14.3 Å². The van der Waals surface area contributed by atoms with Gasteiger partial charge in [0, 0.05) is 18.4 Å². The number of nitrogens with one attached hydrogen (secondary N) is 1. The summed E-state index contributed by atoms with van der Waals surface area (Å²) in [6.07, 6.45) is 5.37. The molecule has 98 valence electrons. The first kappa shape index (κ1) is 12.9. The molecular formula is C13H18N2O3. The summed E-state index contributed by atoms with van der Waals surface area (Å²) in [5, 5.41) is 2.69. The van der Waals surface area contributed by atoms with Gasteiger partial charge >= 0.3 is 0 Å². The van der Waals surface area contributed by atoms with Gasteiger partial charge in [0.2, 0.25) is 0 Å². The molecule has 5 nitrogen and oxygen atoms in total. The summed E-state index contributed by atoms with van der Waals surface area (Å²) in [5.74, 6) is 0.404. The number of nitrogens with zero attached hydrogens (tertiary/aromatic N) is 1. The van der Waals surface area contributed by atoms with Gasteiger partial charge in [0.1, 0.15) is 11.9 Å². The number of ether oxygens (including phenoxy) is 2. The van der Waals surface area contributed by atoms with E-state index in [-0.39, 0.29) is 18.2 Å². The SMILES string of the molecule is C=C1NC(=O)C(C)=CN1[C@H]1C=C[C@@H](COCC)O1. The van der Waals surface area contributed by atoms with Crippen molar-refractivity contribution in [2.45, 2.75) is 26.2 Å². The Hall–Kier alpha value is -1.59. The third-order valence-corrected chi connectivity index (χ3v) is 2.83. The van der Waals surface area contributed by atoms with Crippen LogP contribution >= 0.6 is 0 Å². The Morgan fingerprint density at radius 3 is 3.06 bits per heavy atom. The second kappa shape index (κ2) is 5.37. The predicted octanol–water partition coefficient (Wildman–Crippen LogP) is 1.11. The molecule has 0 aromatic carbocycles. The van der Waals surface area contributed by atoms with Crippen molar-refractivity contribution in [3.8, 4) is 0 Å². The highest BCUT2D eigenvalue weighted by atomic mass is 16.5. The zero-order chi connectivity index (χ0) is 13.1. The van der Waals surface area contributed by atoms with Gasteiger partial charge in [-0.1, -0.05) is 12.7 Å². The minimum absolute atomic E-state index is 0.0471. The van der Waals surface area contributed by atoms with Crippen LogP contribution in [0.1, 0.15) is 13.8 Å². The largest absolute Gasteiger partial charge is 0.379 e. The molecule has 1 amide bonds. The normalized spacial score (nSPS) is 27.4. The first-order chi connectivity index (χ1) is 8.61. The molecule has 0 fully saturated rings. The van der Waals surface area contributed by atoms with Gasteiger partial charge in [-0.3, -0.25) is 4.79 Å². The fourth-order valence-electron chi connectivity index (χ4n) is 1.84. The molecule has 1 N–H and O–H groups in total. The molecule has 5 heteroatoms. The van der Waals surface area contributed by atoms with E-state index in [4.69, 9.17) is 9.47 Å². The van der Waals surface area contributed by atoms with Gasteiger partial charge in [-0.15, -0.1) is 0 Å². The maximum absolute atomic E-state index is 11.4. The van der Waals surface area contributed by atoms with Crippen molar-refractivity contribution in [2.75, 3.05) is 13.2 Å². The van der Waals surface area contributed by atoms with Crippen LogP contribution in [-0.4, -0.2) is 36.4 Å². The van der Waals surface area contributed by atoms with Crippen LogP contribution in [0.25, 0.3) is 0 Å². The number of hydrogen-bond donors (Lipinski definition) is 1. The van der Waals surface area contributed by atoms with Gasteiger partial charge in [-0.05, 0) is 19.9 Å². The van der Waals surface area contributed by atoms with Gasteiger partial charge in [0.15, 0.2) is 6.23 Å². The maximum atomic E-state index is 11.4. The molecule has 0 aromatic heterocycles. The van der Waals surface area contributed by atoms with Crippen molar-refractivity contribution >= 4 is 5.91 Å². The topological polar surface area (TPSA) is 50.8 Å². The van der Waals surface area contributed by atoms with E-state index in [1.54, 1.807) is 18.0 Å². The molecule has 2 aliphatic rings. The number of carbonyl (C=O) groups excluding carboxylic acids is 1. The molecule has 0 saturated heterocycles. The molecule has 0 saturated carbocycles. The number of amides is 1. The Kier molecular flexibility index (Phi) is 3.84. The lowest BCUT2D eigenvalue weighted by atomic mass is 10.2. The molecule has 0 aliphatic carbocycles. The highest BCUT2D eigenvalue weighted by molar-refractivity contribution is 5.94. The van der Waals surface area contributed by atoms with Crippen LogP contribution in [0.15, 0.2) is 36.3 Å². The quantitative estimate of drug-likeness (QED) is 0.759. The van der Waals surface area contributed by atoms with E-state index in [1.165, 1.54) is 0 Å². The second-order valence-electron chi connectivity index (χ2n) is 4.23. The van der Waals surface area contributed by atoms with Gasteiger partial charge in [-0.25, -0.2) is 0 Å². The van der Waals surface area contributed by atoms with Gasteiger partial charge < -0.3 is 19.7 Å². The molecule has 18 heavy (non-hydrogen) atoms. The van der Waals surface area contributed by atoms with Crippen LogP contribution < -0.4 is 5.32 Å². The number of hydrogen-bond acceptors (Lipinski definition) is 4. The molecular weight excluding hydrogens is 232 g/mol. The zero-order valence-electron chi connectivity index (χ0n) is 10.7. The molecule has 0 bridgehead atoms. The van der Waals surface area contributed by atoms with Crippen LogP contribution in [0.3, 0.4) is 0 Å². The summed E-state index contributed by atoms with van der Waals surface area (Å²) in [6.45, 7) is 8.73. The van der Waals surface area contributed by atoms with E-state index in [2.05, 4.69) is 11.9 Å². The van der Waals surface area contributed by atoms with Crippen molar-refractivity contribution in [1.82, 2.24) is 10.2 Å². The molecule has 0 spiro atoms. The Bertz CT molecular complexity index is 414. The van der Waals surface area contributed by atoms with E-state index in [1.807, 2.05) is 19.1 Å². The average Bonchev–Trinajstić information content (AvgIpc) is 2.79. The minimum Gasteiger partial charge on any atom is -0.379 e. The Morgan fingerprint density at radius 1 is 1.56 bits per heavy atom. The van der Waals surface area contributed by atoms with Crippen LogP contribution in [0.4, 0.5) is 0 Å². The fraction of sp³-hybridized carbons (Fsp3) is 0.462. The van der Waals surface area contributed by atoms with Crippen molar-refractivity contribution < 1.29 is 14.3 Å². The summed E-state index contributed by atoms with van der Waals surface area (Å²) in [4.78, 5) is 13.2. The van der Waals surface area contributed by atoms with E-state index in [9.17, 15) is 4.79 Å². The van der Waals surface area contributed by atoms with E-state index < -0.39 is 0 Å². The van der Waals surface area contributed by atoms with E-state index in [0.717, 1.165) is 0 Å². The Balaban J connectivity index is 1.99. The summed E-state index contributed by atoms with van der Waals surface area (Å²) in [7, 11) is 0. The highest BCUT2D eigenvalue weighted by Crippen LogP contribution is 2.22.